The van der Waals surface area contributed by atoms with Crippen molar-refractivity contribution in [1.82, 2.24) is 4.98 Å². The van der Waals surface area contributed by atoms with Gasteiger partial charge in [-0.25, -0.2) is 9.78 Å². The Morgan fingerprint density at radius 3 is 2.63 bits per heavy atom. The highest BCUT2D eigenvalue weighted by molar-refractivity contribution is 5.87. The van der Waals surface area contributed by atoms with Crippen molar-refractivity contribution in [2.45, 2.75) is 6.61 Å². The molecule has 1 aromatic heterocycles. The molecule has 0 aliphatic heterocycles. The van der Waals surface area contributed by atoms with E-state index in [0.717, 1.165) is 5.56 Å². The Bertz CT molecular complexity index is 566. The SMILES string of the molecule is COc1ncccc1COc1ccc(C(=O)O)cc1. The van der Waals surface area contributed by atoms with Gasteiger partial charge in [-0.1, -0.05) is 0 Å². The Balaban J connectivity index is 2.04. The summed E-state index contributed by atoms with van der Waals surface area (Å²) in [5.41, 5.74) is 1.05. The molecular formula is C14H13NO4. The average Bonchev–Trinajstić information content (AvgIpc) is 2.45. The minimum Gasteiger partial charge on any atom is -0.489 e. The molecule has 0 unspecified atom stereocenters. The Morgan fingerprint density at radius 2 is 2.00 bits per heavy atom. The van der Waals surface area contributed by atoms with Crippen LogP contribution in [0, 0.1) is 0 Å². The third-order valence-electron chi connectivity index (χ3n) is 2.54. The van der Waals surface area contributed by atoms with Crippen LogP contribution in [0.25, 0.3) is 0 Å². The number of hydrogen-bond donors (Lipinski definition) is 1. The van der Waals surface area contributed by atoms with E-state index < -0.39 is 5.97 Å². The summed E-state index contributed by atoms with van der Waals surface area (Å²) in [6.07, 6.45) is 1.64. The monoisotopic (exact) mass is 259 g/mol. The van der Waals surface area contributed by atoms with E-state index in [0.29, 0.717) is 18.2 Å². The van der Waals surface area contributed by atoms with Crippen LogP contribution in [0.3, 0.4) is 0 Å². The summed E-state index contributed by atoms with van der Waals surface area (Å²) in [5, 5.41) is 8.79. The molecule has 0 aliphatic carbocycles. The summed E-state index contributed by atoms with van der Waals surface area (Å²) in [6.45, 7) is 0.309. The summed E-state index contributed by atoms with van der Waals surface area (Å²) < 4.78 is 10.7. The van der Waals surface area contributed by atoms with E-state index in [9.17, 15) is 4.79 Å². The van der Waals surface area contributed by atoms with E-state index in [1.807, 2.05) is 6.07 Å². The molecule has 0 saturated heterocycles. The maximum Gasteiger partial charge on any atom is 0.335 e. The number of methoxy groups -OCH3 is 1. The van der Waals surface area contributed by atoms with Crippen molar-refractivity contribution in [3.63, 3.8) is 0 Å². The van der Waals surface area contributed by atoms with Gasteiger partial charge in [0.2, 0.25) is 5.88 Å². The van der Waals surface area contributed by atoms with Crippen LogP contribution in [0.4, 0.5) is 0 Å². The van der Waals surface area contributed by atoms with Gasteiger partial charge >= 0.3 is 5.97 Å². The van der Waals surface area contributed by atoms with Crippen molar-refractivity contribution in [1.29, 1.82) is 0 Å². The Morgan fingerprint density at radius 1 is 1.26 bits per heavy atom. The number of aromatic carboxylic acids is 1. The Kier molecular flexibility index (Phi) is 3.97. The lowest BCUT2D eigenvalue weighted by Gasteiger charge is -2.09. The van der Waals surface area contributed by atoms with Gasteiger partial charge in [0.05, 0.1) is 18.2 Å². The van der Waals surface area contributed by atoms with E-state index in [-0.39, 0.29) is 5.56 Å². The first-order valence-electron chi connectivity index (χ1n) is 5.64. The fraction of sp³-hybridized carbons (Fsp3) is 0.143. The molecule has 98 valence electrons. The van der Waals surface area contributed by atoms with Gasteiger partial charge in [-0.15, -0.1) is 0 Å². The molecule has 0 aliphatic rings. The van der Waals surface area contributed by atoms with Gasteiger partial charge in [0.1, 0.15) is 12.4 Å². The van der Waals surface area contributed by atoms with Crippen molar-refractivity contribution in [3.05, 3.63) is 53.7 Å². The first-order chi connectivity index (χ1) is 9.20. The third-order valence-corrected chi connectivity index (χ3v) is 2.54. The van der Waals surface area contributed by atoms with Gasteiger partial charge in [-0.2, -0.15) is 0 Å². The quantitative estimate of drug-likeness (QED) is 0.892. The first kappa shape index (κ1) is 12.9. The molecule has 0 atom stereocenters. The summed E-state index contributed by atoms with van der Waals surface area (Å²) in [5.74, 6) is 0.154. The van der Waals surface area contributed by atoms with Gasteiger partial charge in [0.25, 0.3) is 0 Å². The maximum absolute atomic E-state index is 10.7. The highest BCUT2D eigenvalue weighted by Gasteiger charge is 2.05. The molecular weight excluding hydrogens is 246 g/mol. The van der Waals surface area contributed by atoms with E-state index in [4.69, 9.17) is 14.6 Å². The number of rotatable bonds is 5. The fourth-order valence-electron chi connectivity index (χ4n) is 1.57. The number of benzene rings is 1. The van der Waals surface area contributed by atoms with Crippen molar-refractivity contribution in [2.24, 2.45) is 0 Å². The largest absolute Gasteiger partial charge is 0.489 e. The van der Waals surface area contributed by atoms with Gasteiger partial charge in [0.15, 0.2) is 0 Å². The summed E-state index contributed by atoms with van der Waals surface area (Å²) >= 11 is 0. The second kappa shape index (κ2) is 5.86. The number of carboxylic acids is 1. The van der Waals surface area contributed by atoms with Crippen LogP contribution in [0.1, 0.15) is 15.9 Å². The lowest BCUT2D eigenvalue weighted by molar-refractivity contribution is 0.0697. The summed E-state index contributed by atoms with van der Waals surface area (Å²) in [7, 11) is 1.55. The molecule has 1 aromatic carbocycles. The molecule has 0 amide bonds. The van der Waals surface area contributed by atoms with Gasteiger partial charge in [0, 0.05) is 6.20 Å². The Labute approximate surface area is 110 Å². The van der Waals surface area contributed by atoms with Crippen molar-refractivity contribution >= 4 is 5.97 Å². The lowest BCUT2D eigenvalue weighted by Crippen LogP contribution is -2.01. The van der Waals surface area contributed by atoms with Crippen LogP contribution in [0.5, 0.6) is 11.6 Å². The van der Waals surface area contributed by atoms with Crippen LogP contribution in [0.2, 0.25) is 0 Å². The molecule has 19 heavy (non-hydrogen) atoms. The topological polar surface area (TPSA) is 68.7 Å². The third kappa shape index (κ3) is 3.22. The molecule has 0 saturated carbocycles. The van der Waals surface area contributed by atoms with E-state index in [1.54, 1.807) is 31.5 Å². The number of hydrogen-bond acceptors (Lipinski definition) is 4. The molecule has 2 aromatic rings. The molecule has 0 spiro atoms. The number of ether oxygens (including phenoxy) is 2. The van der Waals surface area contributed by atoms with Crippen molar-refractivity contribution in [2.75, 3.05) is 7.11 Å². The minimum absolute atomic E-state index is 0.228. The molecule has 5 nitrogen and oxygen atoms in total. The number of carboxylic acid groups (broad SMARTS) is 1. The zero-order valence-corrected chi connectivity index (χ0v) is 10.4. The van der Waals surface area contributed by atoms with Crippen molar-refractivity contribution in [3.8, 4) is 11.6 Å². The molecule has 0 fully saturated rings. The fourth-order valence-corrected chi connectivity index (χ4v) is 1.57. The molecule has 0 bridgehead atoms. The van der Waals surface area contributed by atoms with Gasteiger partial charge in [-0.05, 0) is 36.4 Å². The van der Waals surface area contributed by atoms with Crippen LogP contribution < -0.4 is 9.47 Å². The average molecular weight is 259 g/mol. The van der Waals surface area contributed by atoms with E-state index in [1.165, 1.54) is 12.1 Å². The molecule has 0 radical (unpaired) electrons. The number of carbonyl (C=O) groups is 1. The molecule has 5 heteroatoms. The smallest absolute Gasteiger partial charge is 0.335 e. The number of aromatic nitrogens is 1. The summed E-state index contributed by atoms with van der Waals surface area (Å²) in [4.78, 5) is 14.8. The van der Waals surface area contributed by atoms with E-state index >= 15 is 0 Å². The predicted octanol–water partition coefficient (Wildman–Crippen LogP) is 2.37. The van der Waals surface area contributed by atoms with Crippen LogP contribution in [-0.4, -0.2) is 23.2 Å². The van der Waals surface area contributed by atoms with Crippen LogP contribution >= 0.6 is 0 Å². The Hall–Kier alpha value is -2.56. The van der Waals surface area contributed by atoms with Gasteiger partial charge in [-0.3, -0.25) is 0 Å². The van der Waals surface area contributed by atoms with Gasteiger partial charge < -0.3 is 14.6 Å². The van der Waals surface area contributed by atoms with E-state index in [2.05, 4.69) is 4.98 Å². The highest BCUT2D eigenvalue weighted by atomic mass is 16.5. The lowest BCUT2D eigenvalue weighted by atomic mass is 10.2. The first-order valence-corrected chi connectivity index (χ1v) is 5.64. The maximum atomic E-state index is 10.7. The minimum atomic E-state index is -0.958. The van der Waals surface area contributed by atoms with Crippen LogP contribution in [0.15, 0.2) is 42.6 Å². The number of pyridine rings is 1. The number of nitrogens with zero attached hydrogens (tertiary/aromatic N) is 1. The predicted molar refractivity (Wildman–Crippen MR) is 68.5 cm³/mol. The van der Waals surface area contributed by atoms with Crippen molar-refractivity contribution < 1.29 is 19.4 Å². The standard InChI is InChI=1S/C14H13NO4/c1-18-13-11(3-2-8-15-13)9-19-12-6-4-10(5-7-12)14(16)17/h2-8H,9H2,1H3,(H,16,17). The second-order valence-electron chi connectivity index (χ2n) is 3.79. The van der Waals surface area contributed by atoms with Crippen LogP contribution in [-0.2, 0) is 6.61 Å². The summed E-state index contributed by atoms with van der Waals surface area (Å²) in [6, 6.07) is 9.89. The molecule has 1 heterocycles. The highest BCUT2D eigenvalue weighted by Crippen LogP contribution is 2.18. The zero-order chi connectivity index (χ0) is 13.7. The second-order valence-corrected chi connectivity index (χ2v) is 3.79. The molecule has 1 N–H and O–H groups in total. The molecule has 2 rings (SSSR count). The zero-order valence-electron chi connectivity index (χ0n) is 10.4. The normalized spacial score (nSPS) is 9.95.